The molecular formula is C14H18N4OS. The maximum atomic E-state index is 11.9. The predicted octanol–water partition coefficient (Wildman–Crippen LogP) is 2.38. The minimum Gasteiger partial charge on any atom is -0.354 e. The van der Waals surface area contributed by atoms with E-state index in [0.717, 1.165) is 5.56 Å². The fourth-order valence-corrected chi connectivity index (χ4v) is 1.99. The number of aromatic amines is 1. The molecule has 1 aromatic heterocycles. The quantitative estimate of drug-likeness (QED) is 0.831. The molecule has 2 N–H and O–H groups in total. The van der Waals surface area contributed by atoms with Crippen molar-refractivity contribution in [3.05, 3.63) is 35.1 Å². The third kappa shape index (κ3) is 3.54. The van der Waals surface area contributed by atoms with Crippen LogP contribution in [0, 0.1) is 10.7 Å². The molecule has 0 fully saturated rings. The summed E-state index contributed by atoms with van der Waals surface area (Å²) in [5.41, 5.74) is 0.927. The molecule has 106 valence electrons. The molecule has 1 amide bonds. The SMILES string of the molecule is CC(C)CNC(=O)Cn1c(-c2ccccc2)n[nH]c1=S. The predicted molar refractivity (Wildman–Crippen MR) is 80.7 cm³/mol. The van der Waals surface area contributed by atoms with Gasteiger partial charge in [0.05, 0.1) is 0 Å². The van der Waals surface area contributed by atoms with E-state index in [1.54, 1.807) is 4.57 Å². The first-order valence-electron chi connectivity index (χ1n) is 6.55. The van der Waals surface area contributed by atoms with E-state index in [2.05, 4.69) is 29.4 Å². The van der Waals surface area contributed by atoms with Crippen molar-refractivity contribution in [1.29, 1.82) is 0 Å². The smallest absolute Gasteiger partial charge is 0.240 e. The summed E-state index contributed by atoms with van der Waals surface area (Å²) < 4.78 is 2.16. The maximum absolute atomic E-state index is 11.9. The van der Waals surface area contributed by atoms with Crippen LogP contribution in [0.15, 0.2) is 30.3 Å². The number of rotatable bonds is 5. The number of carbonyl (C=O) groups excluding carboxylic acids is 1. The van der Waals surface area contributed by atoms with E-state index in [9.17, 15) is 4.79 Å². The van der Waals surface area contributed by atoms with E-state index in [1.807, 2.05) is 30.3 Å². The van der Waals surface area contributed by atoms with Gasteiger partial charge >= 0.3 is 0 Å². The Morgan fingerprint density at radius 2 is 2.10 bits per heavy atom. The third-order valence-electron chi connectivity index (χ3n) is 2.80. The van der Waals surface area contributed by atoms with Crippen LogP contribution in [0.2, 0.25) is 0 Å². The second-order valence-corrected chi connectivity index (χ2v) is 5.39. The molecule has 0 aliphatic heterocycles. The highest BCUT2D eigenvalue weighted by Gasteiger charge is 2.12. The average molecular weight is 290 g/mol. The number of hydrogen-bond donors (Lipinski definition) is 2. The largest absolute Gasteiger partial charge is 0.354 e. The Morgan fingerprint density at radius 1 is 1.40 bits per heavy atom. The van der Waals surface area contributed by atoms with Gasteiger partial charge in [-0.1, -0.05) is 44.2 Å². The molecule has 0 radical (unpaired) electrons. The first-order chi connectivity index (χ1) is 9.58. The lowest BCUT2D eigenvalue weighted by molar-refractivity contribution is -0.121. The summed E-state index contributed by atoms with van der Waals surface area (Å²) in [5.74, 6) is 1.04. The standard InChI is InChI=1S/C14H18N4OS/c1-10(2)8-15-12(19)9-18-13(16-17-14(18)20)11-6-4-3-5-7-11/h3-7,10H,8-9H2,1-2H3,(H,15,19)(H,17,20). The van der Waals surface area contributed by atoms with Gasteiger partial charge in [-0.05, 0) is 18.1 Å². The summed E-state index contributed by atoms with van der Waals surface area (Å²) in [4.78, 5) is 11.9. The molecule has 0 spiro atoms. The van der Waals surface area contributed by atoms with Crippen molar-refractivity contribution >= 4 is 18.1 Å². The van der Waals surface area contributed by atoms with Gasteiger partial charge in [-0.25, -0.2) is 0 Å². The molecule has 1 aromatic carbocycles. The lowest BCUT2D eigenvalue weighted by Gasteiger charge is -2.09. The zero-order valence-corrected chi connectivity index (χ0v) is 12.4. The highest BCUT2D eigenvalue weighted by molar-refractivity contribution is 7.71. The summed E-state index contributed by atoms with van der Waals surface area (Å²) in [6.45, 7) is 4.94. The van der Waals surface area contributed by atoms with Crippen LogP contribution in [0.3, 0.4) is 0 Å². The molecule has 0 bridgehead atoms. The fourth-order valence-electron chi connectivity index (χ4n) is 1.79. The number of amides is 1. The van der Waals surface area contributed by atoms with Crippen LogP contribution in [0.4, 0.5) is 0 Å². The molecule has 2 rings (SSSR count). The topological polar surface area (TPSA) is 62.7 Å². The first kappa shape index (κ1) is 14.5. The van der Waals surface area contributed by atoms with Crippen LogP contribution >= 0.6 is 12.2 Å². The monoisotopic (exact) mass is 290 g/mol. The Balaban J connectivity index is 2.18. The molecule has 0 saturated carbocycles. The zero-order valence-electron chi connectivity index (χ0n) is 11.6. The average Bonchev–Trinajstić information content (AvgIpc) is 2.79. The summed E-state index contributed by atoms with van der Waals surface area (Å²) >= 11 is 5.19. The van der Waals surface area contributed by atoms with E-state index in [-0.39, 0.29) is 12.5 Å². The van der Waals surface area contributed by atoms with Crippen LogP contribution < -0.4 is 5.32 Å². The van der Waals surface area contributed by atoms with Gasteiger partial charge in [-0.3, -0.25) is 14.5 Å². The molecule has 0 aliphatic carbocycles. The van der Waals surface area contributed by atoms with Crippen molar-refractivity contribution < 1.29 is 4.79 Å². The van der Waals surface area contributed by atoms with Gasteiger partial charge in [-0.2, -0.15) is 5.10 Å². The number of benzene rings is 1. The number of H-pyrrole nitrogens is 1. The minimum atomic E-state index is -0.0617. The number of aromatic nitrogens is 3. The van der Waals surface area contributed by atoms with Crippen LogP contribution in [-0.2, 0) is 11.3 Å². The Bertz CT molecular complexity index is 630. The van der Waals surface area contributed by atoms with Crippen LogP contribution in [0.5, 0.6) is 0 Å². The second kappa shape index (κ2) is 6.47. The van der Waals surface area contributed by atoms with Crippen molar-refractivity contribution in [2.75, 3.05) is 6.54 Å². The van der Waals surface area contributed by atoms with Gasteiger partial charge in [-0.15, -0.1) is 0 Å². The van der Waals surface area contributed by atoms with Crippen LogP contribution in [-0.4, -0.2) is 27.2 Å². The Morgan fingerprint density at radius 3 is 2.75 bits per heavy atom. The third-order valence-corrected chi connectivity index (χ3v) is 3.11. The summed E-state index contributed by atoms with van der Waals surface area (Å²) in [7, 11) is 0. The molecule has 0 atom stereocenters. The fraction of sp³-hybridized carbons (Fsp3) is 0.357. The summed E-state index contributed by atoms with van der Waals surface area (Å²) in [6, 6.07) is 9.66. The van der Waals surface area contributed by atoms with Crippen molar-refractivity contribution in [3.63, 3.8) is 0 Å². The summed E-state index contributed by atoms with van der Waals surface area (Å²) in [6.07, 6.45) is 0. The molecular weight excluding hydrogens is 272 g/mol. The zero-order chi connectivity index (χ0) is 14.5. The van der Waals surface area contributed by atoms with Gasteiger partial charge in [0.2, 0.25) is 5.91 Å². The molecule has 0 aliphatic rings. The molecule has 1 heterocycles. The van der Waals surface area contributed by atoms with E-state index in [1.165, 1.54) is 0 Å². The van der Waals surface area contributed by atoms with Crippen molar-refractivity contribution in [1.82, 2.24) is 20.1 Å². The summed E-state index contributed by atoms with van der Waals surface area (Å²) in [5, 5.41) is 9.82. The molecule has 0 saturated heterocycles. The van der Waals surface area contributed by atoms with Crippen molar-refractivity contribution in [2.24, 2.45) is 5.92 Å². The highest BCUT2D eigenvalue weighted by Crippen LogP contribution is 2.16. The van der Waals surface area contributed by atoms with Crippen molar-refractivity contribution in [2.45, 2.75) is 20.4 Å². The van der Waals surface area contributed by atoms with Crippen LogP contribution in [0.25, 0.3) is 11.4 Å². The van der Waals surface area contributed by atoms with Gasteiger partial charge < -0.3 is 5.32 Å². The van der Waals surface area contributed by atoms with E-state index in [4.69, 9.17) is 12.2 Å². The number of nitrogens with one attached hydrogen (secondary N) is 2. The molecule has 20 heavy (non-hydrogen) atoms. The Kier molecular flexibility index (Phi) is 4.68. The van der Waals surface area contributed by atoms with Gasteiger partial charge in [0, 0.05) is 12.1 Å². The first-order valence-corrected chi connectivity index (χ1v) is 6.96. The number of hydrogen-bond acceptors (Lipinski definition) is 3. The molecule has 2 aromatic rings. The Hall–Kier alpha value is -1.95. The van der Waals surface area contributed by atoms with Crippen LogP contribution in [0.1, 0.15) is 13.8 Å². The number of nitrogens with zero attached hydrogens (tertiary/aromatic N) is 2. The molecule has 0 unspecified atom stereocenters. The highest BCUT2D eigenvalue weighted by atomic mass is 32.1. The Labute approximate surface area is 123 Å². The lowest BCUT2D eigenvalue weighted by Crippen LogP contribution is -2.30. The van der Waals surface area contributed by atoms with Gasteiger partial charge in [0.15, 0.2) is 10.6 Å². The minimum absolute atomic E-state index is 0.0617. The maximum Gasteiger partial charge on any atom is 0.240 e. The normalized spacial score (nSPS) is 10.8. The van der Waals surface area contributed by atoms with E-state index in [0.29, 0.717) is 23.1 Å². The molecule has 5 nitrogen and oxygen atoms in total. The van der Waals surface area contributed by atoms with E-state index < -0.39 is 0 Å². The van der Waals surface area contributed by atoms with Crippen molar-refractivity contribution in [3.8, 4) is 11.4 Å². The second-order valence-electron chi connectivity index (χ2n) is 5.00. The van der Waals surface area contributed by atoms with Gasteiger partial charge in [0.1, 0.15) is 6.54 Å². The lowest BCUT2D eigenvalue weighted by atomic mass is 10.2. The van der Waals surface area contributed by atoms with Gasteiger partial charge in [0.25, 0.3) is 0 Å². The molecule has 6 heteroatoms. The number of carbonyl (C=O) groups is 1. The van der Waals surface area contributed by atoms with E-state index >= 15 is 0 Å².